The fourth-order valence-corrected chi connectivity index (χ4v) is 1.71. The summed E-state index contributed by atoms with van der Waals surface area (Å²) in [6.07, 6.45) is -2.81. The number of carbonyl (C=O) groups is 1. The van der Waals surface area contributed by atoms with Crippen LogP contribution in [0.4, 0.5) is 17.6 Å². The van der Waals surface area contributed by atoms with Crippen molar-refractivity contribution in [3.63, 3.8) is 0 Å². The first-order valence-corrected chi connectivity index (χ1v) is 5.38. The molecule has 0 atom stereocenters. The molecule has 0 bridgehead atoms. The van der Waals surface area contributed by atoms with Crippen LogP contribution >= 0.6 is 0 Å². The summed E-state index contributed by atoms with van der Waals surface area (Å²) in [5, 5.41) is 8.90. The number of halogens is 4. The molecule has 0 unspecified atom stereocenters. The monoisotopic (exact) mass is 288 g/mol. The summed E-state index contributed by atoms with van der Waals surface area (Å²) in [5.41, 5.74) is -1.27. The number of aromatic nitrogens is 2. The summed E-state index contributed by atoms with van der Waals surface area (Å²) in [5.74, 6) is -2.28. The number of hydrogen-bond donors (Lipinski definition) is 1. The number of carboxylic acid groups (broad SMARTS) is 1. The summed E-state index contributed by atoms with van der Waals surface area (Å²) in [4.78, 5) is 14.3. The molecule has 2 rings (SSSR count). The van der Waals surface area contributed by atoms with E-state index in [1.54, 1.807) is 0 Å². The lowest BCUT2D eigenvalue weighted by molar-refractivity contribution is -0.137. The van der Waals surface area contributed by atoms with Crippen molar-refractivity contribution in [2.75, 3.05) is 0 Å². The Hall–Kier alpha value is -2.38. The van der Waals surface area contributed by atoms with E-state index in [-0.39, 0.29) is 6.54 Å². The number of rotatable bonds is 3. The van der Waals surface area contributed by atoms with Gasteiger partial charge in [0.25, 0.3) is 0 Å². The molecule has 0 aliphatic carbocycles. The lowest BCUT2D eigenvalue weighted by atomic mass is 10.2. The smallest absolute Gasteiger partial charge is 0.417 e. The first kappa shape index (κ1) is 14.0. The van der Waals surface area contributed by atoms with Gasteiger partial charge in [-0.05, 0) is 23.8 Å². The zero-order valence-electron chi connectivity index (χ0n) is 9.86. The molecule has 0 radical (unpaired) electrons. The highest BCUT2D eigenvalue weighted by Gasteiger charge is 2.33. The number of alkyl halides is 3. The van der Waals surface area contributed by atoms with Crippen LogP contribution in [0.2, 0.25) is 0 Å². The lowest BCUT2D eigenvalue weighted by Gasteiger charge is -2.06. The molecule has 0 spiro atoms. The average Bonchev–Trinajstić information content (AvgIpc) is 2.72. The first-order valence-electron chi connectivity index (χ1n) is 5.38. The van der Waals surface area contributed by atoms with Crippen LogP contribution in [0.1, 0.15) is 21.6 Å². The van der Waals surface area contributed by atoms with Crippen molar-refractivity contribution in [3.8, 4) is 0 Å². The van der Waals surface area contributed by atoms with Gasteiger partial charge in [0.15, 0.2) is 0 Å². The average molecular weight is 288 g/mol. The highest BCUT2D eigenvalue weighted by atomic mass is 19.4. The van der Waals surface area contributed by atoms with Crippen molar-refractivity contribution >= 4 is 5.97 Å². The van der Waals surface area contributed by atoms with E-state index in [4.69, 9.17) is 5.11 Å². The molecule has 0 aliphatic heterocycles. The largest absolute Gasteiger partial charge is 0.477 e. The van der Waals surface area contributed by atoms with E-state index in [9.17, 15) is 22.4 Å². The Kier molecular flexibility index (Phi) is 3.47. The summed E-state index contributed by atoms with van der Waals surface area (Å²) in [6.45, 7) is -0.197. The van der Waals surface area contributed by atoms with Gasteiger partial charge in [0.1, 0.15) is 5.69 Å². The summed E-state index contributed by atoms with van der Waals surface area (Å²) in [7, 11) is 0. The van der Waals surface area contributed by atoms with Crippen LogP contribution in [0.15, 0.2) is 30.6 Å². The number of hydrogen-bond acceptors (Lipinski definition) is 2. The highest BCUT2D eigenvalue weighted by Crippen LogP contribution is 2.31. The Balaban J connectivity index is 2.40. The van der Waals surface area contributed by atoms with Gasteiger partial charge in [-0.1, -0.05) is 0 Å². The molecule has 0 fully saturated rings. The normalized spacial score (nSPS) is 11.6. The lowest BCUT2D eigenvalue weighted by Crippen LogP contribution is -2.08. The minimum Gasteiger partial charge on any atom is -0.477 e. The number of aromatic carboxylic acids is 1. The van der Waals surface area contributed by atoms with Gasteiger partial charge >= 0.3 is 12.1 Å². The van der Waals surface area contributed by atoms with Crippen molar-refractivity contribution in [1.29, 1.82) is 0 Å². The van der Waals surface area contributed by atoms with Crippen LogP contribution in [0.3, 0.4) is 0 Å². The Morgan fingerprint density at radius 3 is 2.60 bits per heavy atom. The second-order valence-electron chi connectivity index (χ2n) is 4.03. The maximum Gasteiger partial charge on any atom is 0.417 e. The second kappa shape index (κ2) is 4.95. The fourth-order valence-electron chi connectivity index (χ4n) is 1.71. The zero-order valence-corrected chi connectivity index (χ0v) is 9.86. The van der Waals surface area contributed by atoms with Crippen molar-refractivity contribution in [2.24, 2.45) is 0 Å². The van der Waals surface area contributed by atoms with Crippen molar-refractivity contribution in [3.05, 3.63) is 53.4 Å². The Morgan fingerprint density at radius 1 is 1.35 bits per heavy atom. The van der Waals surface area contributed by atoms with Gasteiger partial charge in [0.05, 0.1) is 5.56 Å². The first-order chi connectivity index (χ1) is 9.27. The molecule has 106 valence electrons. The summed E-state index contributed by atoms with van der Waals surface area (Å²) < 4.78 is 51.5. The van der Waals surface area contributed by atoms with E-state index in [0.29, 0.717) is 17.8 Å². The van der Waals surface area contributed by atoms with Gasteiger partial charge < -0.3 is 9.67 Å². The number of carboxylic acids is 1. The predicted molar refractivity (Wildman–Crippen MR) is 59.7 cm³/mol. The van der Waals surface area contributed by atoms with Crippen LogP contribution < -0.4 is 0 Å². The van der Waals surface area contributed by atoms with Gasteiger partial charge in [-0.3, -0.25) is 0 Å². The topological polar surface area (TPSA) is 55.1 Å². The van der Waals surface area contributed by atoms with E-state index in [1.165, 1.54) is 6.07 Å². The maximum absolute atomic E-state index is 12.9. The molecule has 0 saturated heterocycles. The Bertz CT molecular complexity index is 649. The molecule has 1 N–H and O–H groups in total. The van der Waals surface area contributed by atoms with Gasteiger partial charge in [-0.2, -0.15) is 17.6 Å². The van der Waals surface area contributed by atoms with E-state index >= 15 is 0 Å². The number of nitrogens with zero attached hydrogens (tertiary/aromatic N) is 2. The SMILES string of the molecule is O=C(O)c1cc(C(F)(F)F)cn1Cc1ccnc(F)c1. The highest BCUT2D eigenvalue weighted by molar-refractivity contribution is 5.86. The third kappa shape index (κ3) is 2.95. The predicted octanol–water partition coefficient (Wildman–Crippen LogP) is 2.79. The standard InChI is InChI=1S/C12H8F4N2O2/c13-10-3-7(1-2-17-10)5-18-6-8(12(14,15)16)4-9(18)11(19)20/h1-4,6H,5H2,(H,19,20). The van der Waals surface area contributed by atoms with Crippen molar-refractivity contribution in [1.82, 2.24) is 9.55 Å². The molecule has 0 aromatic carbocycles. The zero-order chi connectivity index (χ0) is 14.9. The Morgan fingerprint density at radius 2 is 2.05 bits per heavy atom. The maximum atomic E-state index is 12.9. The van der Waals surface area contributed by atoms with Crippen LogP contribution in [0, 0.1) is 5.95 Å². The van der Waals surface area contributed by atoms with E-state index in [2.05, 4.69) is 4.98 Å². The minimum absolute atomic E-state index is 0.197. The molecule has 4 nitrogen and oxygen atoms in total. The molecule has 0 aliphatic rings. The minimum atomic E-state index is -4.64. The van der Waals surface area contributed by atoms with Gasteiger partial charge in [0.2, 0.25) is 5.95 Å². The molecular weight excluding hydrogens is 280 g/mol. The molecule has 0 saturated carbocycles. The van der Waals surface area contributed by atoms with Gasteiger partial charge in [0, 0.05) is 18.9 Å². The van der Waals surface area contributed by atoms with Crippen LogP contribution in [0.25, 0.3) is 0 Å². The fraction of sp³-hybridized carbons (Fsp3) is 0.167. The third-order valence-corrected chi connectivity index (χ3v) is 2.59. The second-order valence-corrected chi connectivity index (χ2v) is 4.03. The molecule has 2 aromatic rings. The van der Waals surface area contributed by atoms with Gasteiger partial charge in [-0.15, -0.1) is 0 Å². The quantitative estimate of drug-likeness (QED) is 0.698. The third-order valence-electron chi connectivity index (χ3n) is 2.59. The van der Waals surface area contributed by atoms with Crippen LogP contribution in [-0.4, -0.2) is 20.6 Å². The summed E-state index contributed by atoms with van der Waals surface area (Å²) in [6, 6.07) is 2.96. The van der Waals surface area contributed by atoms with E-state index in [1.807, 2.05) is 0 Å². The van der Waals surface area contributed by atoms with E-state index in [0.717, 1.165) is 16.8 Å². The Labute approximate surface area is 110 Å². The molecule has 2 aromatic heterocycles. The van der Waals surface area contributed by atoms with Gasteiger partial charge in [-0.25, -0.2) is 9.78 Å². The summed E-state index contributed by atoms with van der Waals surface area (Å²) >= 11 is 0. The number of pyridine rings is 1. The van der Waals surface area contributed by atoms with Crippen molar-refractivity contribution in [2.45, 2.75) is 12.7 Å². The van der Waals surface area contributed by atoms with Crippen LogP contribution in [0.5, 0.6) is 0 Å². The molecule has 20 heavy (non-hydrogen) atoms. The van der Waals surface area contributed by atoms with Crippen LogP contribution in [-0.2, 0) is 12.7 Å². The van der Waals surface area contributed by atoms with Crippen molar-refractivity contribution < 1.29 is 27.5 Å². The molecule has 0 amide bonds. The molecule has 8 heteroatoms. The molecule has 2 heterocycles. The molecular formula is C12H8F4N2O2. The van der Waals surface area contributed by atoms with E-state index < -0.39 is 29.4 Å².